The van der Waals surface area contributed by atoms with Crippen molar-refractivity contribution in [1.29, 1.82) is 0 Å². The Morgan fingerprint density at radius 2 is 2.00 bits per heavy atom. The van der Waals surface area contributed by atoms with Gasteiger partial charge in [0.25, 0.3) is 0 Å². The molecule has 5 heteroatoms. The van der Waals surface area contributed by atoms with Gasteiger partial charge in [-0.1, -0.05) is 13.8 Å². The van der Waals surface area contributed by atoms with Gasteiger partial charge in [-0.05, 0) is 0 Å². The Morgan fingerprint density at radius 1 is 1.56 bits per heavy atom. The van der Waals surface area contributed by atoms with Crippen molar-refractivity contribution < 1.29 is 19.0 Å². The molecule has 1 unspecified atom stereocenters. The molecule has 0 fully saturated rings. The Hall–Kier alpha value is 0.110. The van der Waals surface area contributed by atoms with Crippen LogP contribution in [0.2, 0.25) is 0 Å². The average Bonchev–Trinajstić information content (AvgIpc) is 1.86. The zero-order chi connectivity index (χ0) is 7.49. The molecule has 0 aromatic carbocycles. The zero-order valence-corrected chi connectivity index (χ0v) is 6.59. The highest BCUT2D eigenvalue weighted by molar-refractivity contribution is 7.54. The van der Waals surface area contributed by atoms with E-state index in [0.29, 0.717) is 0 Å². The van der Waals surface area contributed by atoms with E-state index in [0.717, 1.165) is 0 Å². The predicted octanol–water partition coefficient (Wildman–Crippen LogP) is 1.72. The molecule has 0 saturated heterocycles. The van der Waals surface area contributed by atoms with Crippen molar-refractivity contribution in [3.05, 3.63) is 0 Å². The molecule has 1 atom stereocenters. The van der Waals surface area contributed by atoms with Gasteiger partial charge in [-0.15, -0.1) is 0 Å². The maximum atomic E-state index is 11.0. The minimum absolute atomic E-state index is 0.313. The van der Waals surface area contributed by atoms with Crippen LogP contribution in [0.15, 0.2) is 0 Å². The zero-order valence-electron chi connectivity index (χ0n) is 5.70. The maximum Gasteiger partial charge on any atom is 0.359 e. The minimum Gasteiger partial charge on any atom is -0.310 e. The summed E-state index contributed by atoms with van der Waals surface area (Å²) in [4.78, 5) is 0. The molecule has 0 aliphatic carbocycles. The van der Waals surface area contributed by atoms with Crippen molar-refractivity contribution >= 4 is 7.60 Å². The molecule has 0 aliphatic rings. The van der Waals surface area contributed by atoms with Crippen LogP contribution in [0.25, 0.3) is 0 Å². The normalized spacial score (nSPS) is 17.9. The smallest absolute Gasteiger partial charge is 0.310 e. The lowest BCUT2D eigenvalue weighted by molar-refractivity contribution is -0.148. The lowest BCUT2D eigenvalue weighted by Crippen LogP contribution is -2.01. The molecule has 0 spiro atoms. The second kappa shape index (κ2) is 3.32. The van der Waals surface area contributed by atoms with Crippen LogP contribution in [0.1, 0.15) is 13.8 Å². The molecule has 0 heterocycles. The second-order valence-corrected chi connectivity index (χ2v) is 4.54. The van der Waals surface area contributed by atoms with E-state index in [2.05, 4.69) is 9.20 Å². The number of hydrogen-bond donors (Lipinski definition) is 1. The molecule has 0 rings (SSSR count). The highest BCUT2D eigenvalue weighted by Gasteiger charge is 2.27. The standard InChI is InChI=1S/C4H11O4P/c1-4(2)9(6,7-3)8-5/h4-5H,1-3H3. The molecule has 0 aliphatic heterocycles. The van der Waals surface area contributed by atoms with E-state index in [9.17, 15) is 4.57 Å². The van der Waals surface area contributed by atoms with Gasteiger partial charge in [0, 0.05) is 7.11 Å². The molecule has 0 amide bonds. The Bertz CT molecular complexity index is 114. The van der Waals surface area contributed by atoms with E-state index < -0.39 is 7.60 Å². The van der Waals surface area contributed by atoms with Crippen LogP contribution in [0.5, 0.6) is 0 Å². The Balaban J connectivity index is 4.11. The monoisotopic (exact) mass is 154 g/mol. The molecule has 0 saturated carbocycles. The molecule has 56 valence electrons. The summed E-state index contributed by atoms with van der Waals surface area (Å²) in [7, 11) is -1.96. The number of rotatable bonds is 3. The summed E-state index contributed by atoms with van der Waals surface area (Å²) in [5.74, 6) is 0. The van der Waals surface area contributed by atoms with Crippen LogP contribution in [0, 0.1) is 0 Å². The molecule has 0 radical (unpaired) electrons. The third kappa shape index (κ3) is 2.06. The van der Waals surface area contributed by atoms with Gasteiger partial charge in [-0.25, -0.2) is 5.26 Å². The summed E-state index contributed by atoms with van der Waals surface area (Å²) in [6, 6.07) is 0. The van der Waals surface area contributed by atoms with E-state index in [1.54, 1.807) is 13.8 Å². The topological polar surface area (TPSA) is 55.8 Å². The van der Waals surface area contributed by atoms with Crippen molar-refractivity contribution in [2.45, 2.75) is 19.5 Å². The largest absolute Gasteiger partial charge is 0.359 e. The molecule has 1 N–H and O–H groups in total. The fourth-order valence-corrected chi connectivity index (χ4v) is 1.02. The summed E-state index contributed by atoms with van der Waals surface area (Å²) in [5, 5.41) is 8.07. The summed E-state index contributed by atoms with van der Waals surface area (Å²) in [6.07, 6.45) is 0. The average molecular weight is 154 g/mol. The van der Waals surface area contributed by atoms with Gasteiger partial charge >= 0.3 is 7.60 Å². The maximum absolute atomic E-state index is 11.0. The molecular weight excluding hydrogens is 143 g/mol. The van der Waals surface area contributed by atoms with Crippen molar-refractivity contribution in [2.75, 3.05) is 7.11 Å². The van der Waals surface area contributed by atoms with Crippen molar-refractivity contribution in [1.82, 2.24) is 0 Å². The first kappa shape index (κ1) is 9.11. The van der Waals surface area contributed by atoms with E-state index >= 15 is 0 Å². The molecular formula is C4H11O4P. The first-order valence-electron chi connectivity index (χ1n) is 2.55. The van der Waals surface area contributed by atoms with Gasteiger partial charge in [-0.3, -0.25) is 4.57 Å². The number of hydrogen-bond acceptors (Lipinski definition) is 4. The van der Waals surface area contributed by atoms with Crippen LogP contribution in [-0.2, 0) is 13.8 Å². The van der Waals surface area contributed by atoms with Gasteiger partial charge in [0.15, 0.2) is 0 Å². The summed E-state index contributed by atoms with van der Waals surface area (Å²) >= 11 is 0. The van der Waals surface area contributed by atoms with Gasteiger partial charge in [0.05, 0.1) is 5.66 Å². The molecule has 0 aromatic rings. The summed E-state index contributed by atoms with van der Waals surface area (Å²) in [5.41, 5.74) is -0.313. The third-order valence-electron chi connectivity index (χ3n) is 1.00. The van der Waals surface area contributed by atoms with E-state index in [-0.39, 0.29) is 5.66 Å². The van der Waals surface area contributed by atoms with Crippen LogP contribution >= 0.6 is 7.60 Å². The van der Waals surface area contributed by atoms with Crippen molar-refractivity contribution in [2.24, 2.45) is 0 Å². The van der Waals surface area contributed by atoms with Crippen LogP contribution in [0.3, 0.4) is 0 Å². The van der Waals surface area contributed by atoms with Gasteiger partial charge < -0.3 is 4.52 Å². The Kier molecular flexibility index (Phi) is 3.36. The van der Waals surface area contributed by atoms with Crippen LogP contribution in [0.4, 0.5) is 0 Å². The SMILES string of the molecule is COP(=O)(OO)C(C)C. The van der Waals surface area contributed by atoms with Gasteiger partial charge in [0.2, 0.25) is 0 Å². The Labute approximate surface area is 54.2 Å². The molecule has 0 aromatic heterocycles. The first-order valence-corrected chi connectivity index (χ1v) is 4.16. The van der Waals surface area contributed by atoms with Crippen LogP contribution in [-0.4, -0.2) is 18.0 Å². The Morgan fingerprint density at radius 3 is 2.00 bits per heavy atom. The quantitative estimate of drug-likeness (QED) is 0.382. The summed E-state index contributed by atoms with van der Waals surface area (Å²) in [6.45, 7) is 3.28. The third-order valence-corrected chi connectivity index (χ3v) is 3.00. The van der Waals surface area contributed by atoms with E-state index in [1.165, 1.54) is 7.11 Å². The molecule has 9 heavy (non-hydrogen) atoms. The van der Waals surface area contributed by atoms with E-state index in [1.807, 2.05) is 0 Å². The highest BCUT2D eigenvalue weighted by atomic mass is 31.2. The fraction of sp³-hybridized carbons (Fsp3) is 1.00. The molecule has 0 bridgehead atoms. The van der Waals surface area contributed by atoms with E-state index in [4.69, 9.17) is 5.26 Å². The first-order chi connectivity index (χ1) is 4.06. The highest BCUT2D eigenvalue weighted by Crippen LogP contribution is 2.50. The molecule has 4 nitrogen and oxygen atoms in total. The fourth-order valence-electron chi connectivity index (χ4n) is 0.338. The van der Waals surface area contributed by atoms with Crippen molar-refractivity contribution in [3.8, 4) is 0 Å². The lowest BCUT2D eigenvalue weighted by Gasteiger charge is -2.13. The predicted molar refractivity (Wildman–Crippen MR) is 33.5 cm³/mol. The van der Waals surface area contributed by atoms with Gasteiger partial charge in [0.1, 0.15) is 0 Å². The van der Waals surface area contributed by atoms with Gasteiger partial charge in [-0.2, -0.15) is 4.67 Å². The van der Waals surface area contributed by atoms with Crippen LogP contribution < -0.4 is 0 Å². The summed E-state index contributed by atoms with van der Waals surface area (Å²) < 4.78 is 19.1. The lowest BCUT2D eigenvalue weighted by atomic mass is 10.6. The second-order valence-electron chi connectivity index (χ2n) is 1.90. The van der Waals surface area contributed by atoms with Crippen molar-refractivity contribution in [3.63, 3.8) is 0 Å². The minimum atomic E-state index is -3.20.